The number of nitrogens with one attached hydrogen (secondary N) is 1. The summed E-state index contributed by atoms with van der Waals surface area (Å²) in [5, 5.41) is 4.04. The first-order chi connectivity index (χ1) is 14.4. The Hall–Kier alpha value is -2.77. The summed E-state index contributed by atoms with van der Waals surface area (Å²) in [5.41, 5.74) is 5.58. The predicted octanol–water partition coefficient (Wildman–Crippen LogP) is 3.60. The van der Waals surface area contributed by atoms with Gasteiger partial charge in [-0.3, -0.25) is 4.79 Å². The number of hydrogen-bond acceptors (Lipinski definition) is 4. The average Bonchev–Trinajstić information content (AvgIpc) is 2.75. The minimum absolute atomic E-state index is 0.175. The van der Waals surface area contributed by atoms with Gasteiger partial charge < -0.3 is 0 Å². The summed E-state index contributed by atoms with van der Waals surface area (Å²) >= 11 is 0. The van der Waals surface area contributed by atoms with Crippen LogP contribution in [0.15, 0.2) is 70.2 Å². The van der Waals surface area contributed by atoms with Crippen LogP contribution in [0.1, 0.15) is 30.9 Å². The van der Waals surface area contributed by atoms with Crippen molar-refractivity contribution >= 4 is 28.2 Å². The summed E-state index contributed by atoms with van der Waals surface area (Å²) in [5.74, 6) is -0.420. The minimum Gasteiger partial charge on any atom is -0.273 e. The Kier molecular flexibility index (Phi) is 7.18. The molecule has 0 bridgehead atoms. The summed E-state index contributed by atoms with van der Waals surface area (Å²) in [7, 11) is -3.52. The van der Waals surface area contributed by atoms with Crippen molar-refractivity contribution in [1.29, 1.82) is 0 Å². The quantitative estimate of drug-likeness (QED) is 0.567. The Bertz CT molecular complexity index is 1020. The summed E-state index contributed by atoms with van der Waals surface area (Å²) < 4.78 is 27.0. The van der Waals surface area contributed by atoms with E-state index < -0.39 is 10.0 Å². The Labute approximate surface area is 178 Å². The number of amides is 1. The van der Waals surface area contributed by atoms with Crippen LogP contribution in [-0.4, -0.2) is 37.9 Å². The van der Waals surface area contributed by atoms with Gasteiger partial charge in [-0.1, -0.05) is 54.1 Å². The molecule has 1 heterocycles. The third kappa shape index (κ3) is 5.64. The molecule has 0 spiro atoms. The van der Waals surface area contributed by atoms with Crippen molar-refractivity contribution < 1.29 is 13.2 Å². The minimum atomic E-state index is -3.52. The van der Waals surface area contributed by atoms with Crippen LogP contribution in [-0.2, 0) is 14.8 Å². The second-order valence-electron chi connectivity index (χ2n) is 7.52. The highest BCUT2D eigenvalue weighted by molar-refractivity contribution is 7.89. The smallest absolute Gasteiger partial charge is 0.243 e. The van der Waals surface area contributed by atoms with Gasteiger partial charge in [-0.15, -0.1) is 0 Å². The lowest BCUT2D eigenvalue weighted by Gasteiger charge is -2.30. The maximum atomic E-state index is 12.8. The molecule has 0 atom stereocenters. The molecule has 1 saturated heterocycles. The maximum Gasteiger partial charge on any atom is 0.243 e. The van der Waals surface area contributed by atoms with Crippen molar-refractivity contribution in [2.75, 3.05) is 13.1 Å². The Morgan fingerprint density at radius 3 is 2.33 bits per heavy atom. The molecule has 1 aliphatic heterocycles. The van der Waals surface area contributed by atoms with Gasteiger partial charge in [0, 0.05) is 19.0 Å². The number of sulfonamides is 1. The van der Waals surface area contributed by atoms with E-state index in [1.54, 1.807) is 30.5 Å². The van der Waals surface area contributed by atoms with Crippen molar-refractivity contribution in [3.63, 3.8) is 0 Å². The number of allylic oxidation sites excluding steroid dienone is 1. The van der Waals surface area contributed by atoms with Crippen molar-refractivity contribution in [2.24, 2.45) is 11.0 Å². The lowest BCUT2D eigenvalue weighted by atomic mass is 9.98. The normalized spacial score (nSPS) is 16.7. The molecule has 0 saturated carbocycles. The van der Waals surface area contributed by atoms with Gasteiger partial charge >= 0.3 is 0 Å². The Morgan fingerprint density at radius 2 is 1.70 bits per heavy atom. The molecular weight excluding hydrogens is 398 g/mol. The largest absolute Gasteiger partial charge is 0.273 e. The van der Waals surface area contributed by atoms with Crippen molar-refractivity contribution in [2.45, 2.75) is 31.6 Å². The molecule has 1 aliphatic rings. The second-order valence-corrected chi connectivity index (χ2v) is 9.46. The van der Waals surface area contributed by atoms with E-state index in [1.807, 2.05) is 50.3 Å². The number of carbonyl (C=O) groups is 1. The predicted molar refractivity (Wildman–Crippen MR) is 119 cm³/mol. The third-order valence-corrected chi connectivity index (χ3v) is 7.03. The fraction of sp³-hybridized carbons (Fsp3) is 0.304. The molecule has 0 aromatic heterocycles. The van der Waals surface area contributed by atoms with E-state index >= 15 is 0 Å². The van der Waals surface area contributed by atoms with Gasteiger partial charge in [0.2, 0.25) is 15.9 Å². The number of hydrazone groups is 1. The fourth-order valence-electron chi connectivity index (χ4n) is 3.36. The van der Waals surface area contributed by atoms with Crippen LogP contribution in [0.25, 0.3) is 6.08 Å². The van der Waals surface area contributed by atoms with Gasteiger partial charge in [0.25, 0.3) is 0 Å². The second kappa shape index (κ2) is 9.82. The van der Waals surface area contributed by atoms with Gasteiger partial charge in [-0.05, 0) is 50.0 Å². The number of carbonyl (C=O) groups excluding carboxylic acids is 1. The zero-order valence-corrected chi connectivity index (χ0v) is 18.1. The van der Waals surface area contributed by atoms with Crippen LogP contribution >= 0.6 is 0 Å². The van der Waals surface area contributed by atoms with Gasteiger partial charge in [0.05, 0.1) is 11.1 Å². The van der Waals surface area contributed by atoms with Crippen molar-refractivity contribution in [3.05, 3.63) is 71.3 Å². The Morgan fingerprint density at radius 1 is 1.07 bits per heavy atom. The van der Waals surface area contributed by atoms with Crippen molar-refractivity contribution in [3.8, 4) is 0 Å². The molecule has 3 rings (SSSR count). The summed E-state index contributed by atoms with van der Waals surface area (Å²) in [6.45, 7) is 4.48. The van der Waals surface area contributed by atoms with Crippen LogP contribution < -0.4 is 5.43 Å². The third-order valence-electron chi connectivity index (χ3n) is 5.12. The van der Waals surface area contributed by atoms with E-state index in [2.05, 4.69) is 10.5 Å². The first kappa shape index (κ1) is 21.9. The van der Waals surface area contributed by atoms with Crippen LogP contribution in [0.2, 0.25) is 0 Å². The number of aryl methyl sites for hydroxylation is 1. The van der Waals surface area contributed by atoms with E-state index in [4.69, 9.17) is 0 Å². The monoisotopic (exact) mass is 425 g/mol. The molecule has 0 unspecified atom stereocenters. The average molecular weight is 426 g/mol. The number of nitrogens with zero attached hydrogens (tertiary/aromatic N) is 2. The molecule has 1 fully saturated rings. The SMILES string of the molecule is CC(/C=N/NC(=O)C1CCN(S(=O)(=O)c2ccc(C)cc2)CC1)=C\c1ccccc1. The molecule has 6 nitrogen and oxygen atoms in total. The fourth-order valence-corrected chi connectivity index (χ4v) is 4.83. The van der Waals surface area contributed by atoms with E-state index in [0.29, 0.717) is 30.8 Å². The molecule has 7 heteroatoms. The summed E-state index contributed by atoms with van der Waals surface area (Å²) in [6.07, 6.45) is 4.54. The molecule has 2 aromatic carbocycles. The van der Waals surface area contributed by atoms with Crippen LogP contribution in [0.5, 0.6) is 0 Å². The highest BCUT2D eigenvalue weighted by Gasteiger charge is 2.31. The number of hydrogen-bond donors (Lipinski definition) is 1. The van der Waals surface area contributed by atoms with E-state index in [1.165, 1.54) is 4.31 Å². The number of benzene rings is 2. The topological polar surface area (TPSA) is 78.8 Å². The van der Waals surface area contributed by atoms with E-state index in [0.717, 1.165) is 16.7 Å². The van der Waals surface area contributed by atoms with Crippen LogP contribution in [0.4, 0.5) is 0 Å². The summed E-state index contributed by atoms with van der Waals surface area (Å²) in [4.78, 5) is 12.7. The lowest BCUT2D eigenvalue weighted by molar-refractivity contribution is -0.126. The van der Waals surface area contributed by atoms with Crippen LogP contribution in [0.3, 0.4) is 0 Å². The maximum absolute atomic E-state index is 12.8. The highest BCUT2D eigenvalue weighted by atomic mass is 32.2. The molecule has 0 radical (unpaired) electrons. The standard InChI is InChI=1S/C23H27N3O3S/c1-18-8-10-22(11-9-18)30(28,29)26-14-12-21(13-15-26)23(27)25-24-17-19(2)16-20-6-4-3-5-7-20/h3-11,16-17,21H,12-15H2,1-2H3,(H,25,27)/b19-16+,24-17+. The van der Waals surface area contributed by atoms with E-state index in [9.17, 15) is 13.2 Å². The number of piperidine rings is 1. The zero-order valence-electron chi connectivity index (χ0n) is 17.3. The molecule has 1 N–H and O–H groups in total. The molecule has 0 aliphatic carbocycles. The van der Waals surface area contributed by atoms with E-state index in [-0.39, 0.29) is 11.8 Å². The molecule has 30 heavy (non-hydrogen) atoms. The van der Waals surface area contributed by atoms with Gasteiger partial charge in [0.15, 0.2) is 0 Å². The summed E-state index contributed by atoms with van der Waals surface area (Å²) in [6, 6.07) is 16.7. The van der Waals surface area contributed by atoms with Gasteiger partial charge in [-0.25, -0.2) is 13.8 Å². The molecule has 158 valence electrons. The first-order valence-electron chi connectivity index (χ1n) is 9.99. The molecular formula is C23H27N3O3S. The van der Waals surface area contributed by atoms with Crippen LogP contribution in [0, 0.1) is 12.8 Å². The van der Waals surface area contributed by atoms with Gasteiger partial charge in [0.1, 0.15) is 0 Å². The zero-order chi connectivity index (χ0) is 21.6. The molecule has 1 amide bonds. The molecule has 2 aromatic rings. The highest BCUT2D eigenvalue weighted by Crippen LogP contribution is 2.24. The lowest BCUT2D eigenvalue weighted by Crippen LogP contribution is -2.42. The Balaban J connectivity index is 1.51. The van der Waals surface area contributed by atoms with Crippen molar-refractivity contribution in [1.82, 2.24) is 9.73 Å². The van der Waals surface area contributed by atoms with Gasteiger partial charge in [-0.2, -0.15) is 9.41 Å². The first-order valence-corrected chi connectivity index (χ1v) is 11.4. The number of rotatable bonds is 6.